The van der Waals surface area contributed by atoms with Crippen molar-refractivity contribution in [3.8, 4) is 0 Å². The topological polar surface area (TPSA) is 48.7 Å². The Kier molecular flexibility index (Phi) is 5.43. The molecule has 1 aromatic heterocycles. The van der Waals surface area contributed by atoms with Gasteiger partial charge in [0.25, 0.3) is 5.91 Å². The van der Waals surface area contributed by atoms with Crippen molar-refractivity contribution in [1.82, 2.24) is 10.2 Å². The highest BCUT2D eigenvalue weighted by molar-refractivity contribution is 5.91. The van der Waals surface area contributed by atoms with E-state index in [0.717, 1.165) is 38.5 Å². The molecule has 0 aliphatic carbocycles. The Balaban J connectivity index is 1.54. The summed E-state index contributed by atoms with van der Waals surface area (Å²) in [7, 11) is 0. The summed E-state index contributed by atoms with van der Waals surface area (Å²) in [6, 6.07) is 10.3. The van der Waals surface area contributed by atoms with Crippen molar-refractivity contribution in [3.63, 3.8) is 0 Å². The minimum absolute atomic E-state index is 0.145. The van der Waals surface area contributed by atoms with Crippen molar-refractivity contribution < 1.29 is 9.21 Å². The van der Waals surface area contributed by atoms with Gasteiger partial charge in [0.1, 0.15) is 5.76 Å². The van der Waals surface area contributed by atoms with Crippen molar-refractivity contribution in [2.24, 2.45) is 0 Å². The second-order valence-corrected chi connectivity index (χ2v) is 6.66. The van der Waals surface area contributed by atoms with Gasteiger partial charge >= 0.3 is 0 Å². The summed E-state index contributed by atoms with van der Waals surface area (Å²) in [5.74, 6) is 1.10. The molecule has 5 heteroatoms. The lowest BCUT2D eigenvalue weighted by atomic mass is 10.1. The Bertz CT molecular complexity index is 730. The average molecular weight is 341 g/mol. The lowest BCUT2D eigenvalue weighted by Crippen LogP contribution is -2.45. The first-order valence-corrected chi connectivity index (χ1v) is 8.98. The number of nitrogens with one attached hydrogen (secondary N) is 1. The fourth-order valence-corrected chi connectivity index (χ4v) is 3.14. The maximum Gasteiger partial charge on any atom is 0.286 e. The normalized spacial score (nSPS) is 15.4. The van der Waals surface area contributed by atoms with E-state index in [1.807, 2.05) is 13.0 Å². The van der Waals surface area contributed by atoms with Crippen LogP contribution in [-0.2, 0) is 6.54 Å². The van der Waals surface area contributed by atoms with Crippen LogP contribution in [0.5, 0.6) is 0 Å². The van der Waals surface area contributed by atoms with Crippen molar-refractivity contribution in [1.29, 1.82) is 0 Å². The fraction of sp³-hybridized carbons (Fsp3) is 0.450. The molecule has 0 radical (unpaired) electrons. The van der Waals surface area contributed by atoms with Crippen molar-refractivity contribution in [2.75, 3.05) is 37.6 Å². The molecule has 0 bridgehead atoms. The van der Waals surface area contributed by atoms with Crippen molar-refractivity contribution >= 4 is 11.6 Å². The number of anilines is 1. The van der Waals surface area contributed by atoms with Gasteiger partial charge in [-0.15, -0.1) is 0 Å². The SMILES string of the molecule is CCNC(=O)c1ccc(CN2CCN(c3ccc(C)c(C)c3)CC2)o1. The standard InChI is InChI=1S/C20H27N3O2/c1-4-21-20(24)19-8-7-18(25-19)14-22-9-11-23(12-10-22)17-6-5-15(2)16(3)13-17/h5-8,13H,4,9-12,14H2,1-3H3,(H,21,24). The highest BCUT2D eigenvalue weighted by Gasteiger charge is 2.19. The van der Waals surface area contributed by atoms with Gasteiger partial charge in [-0.05, 0) is 56.2 Å². The zero-order valence-corrected chi connectivity index (χ0v) is 15.3. The number of piperazine rings is 1. The molecule has 25 heavy (non-hydrogen) atoms. The predicted octanol–water partition coefficient (Wildman–Crippen LogP) is 2.97. The zero-order valence-electron chi connectivity index (χ0n) is 15.3. The maximum absolute atomic E-state index is 11.8. The molecule has 1 aliphatic rings. The van der Waals surface area contributed by atoms with E-state index in [1.165, 1.54) is 16.8 Å². The molecule has 1 aliphatic heterocycles. The molecule has 1 aromatic carbocycles. The van der Waals surface area contributed by atoms with E-state index in [2.05, 4.69) is 47.2 Å². The minimum Gasteiger partial charge on any atom is -0.455 e. The van der Waals surface area contributed by atoms with Crippen molar-refractivity contribution in [2.45, 2.75) is 27.3 Å². The number of nitrogens with zero attached hydrogens (tertiary/aromatic N) is 2. The monoisotopic (exact) mass is 341 g/mol. The lowest BCUT2D eigenvalue weighted by Gasteiger charge is -2.36. The van der Waals surface area contributed by atoms with E-state index < -0.39 is 0 Å². The van der Waals surface area contributed by atoms with Gasteiger partial charge in [-0.2, -0.15) is 0 Å². The summed E-state index contributed by atoms with van der Waals surface area (Å²) < 4.78 is 5.67. The molecule has 3 rings (SSSR count). The van der Waals surface area contributed by atoms with Gasteiger partial charge in [-0.1, -0.05) is 6.07 Å². The minimum atomic E-state index is -0.145. The van der Waals surface area contributed by atoms with E-state index in [-0.39, 0.29) is 5.91 Å². The van der Waals surface area contributed by atoms with Gasteiger partial charge < -0.3 is 14.6 Å². The Morgan fingerprint density at radius 3 is 2.52 bits per heavy atom. The molecule has 1 amide bonds. The van der Waals surface area contributed by atoms with Gasteiger partial charge in [-0.25, -0.2) is 0 Å². The number of benzene rings is 1. The first-order chi connectivity index (χ1) is 12.1. The summed E-state index contributed by atoms with van der Waals surface area (Å²) >= 11 is 0. The quantitative estimate of drug-likeness (QED) is 0.908. The third kappa shape index (κ3) is 4.23. The Labute approximate surface area is 149 Å². The summed E-state index contributed by atoms with van der Waals surface area (Å²) in [6.07, 6.45) is 0. The highest BCUT2D eigenvalue weighted by atomic mass is 16.4. The van der Waals surface area contributed by atoms with Crippen LogP contribution in [0.1, 0.15) is 34.4 Å². The van der Waals surface area contributed by atoms with E-state index in [4.69, 9.17) is 4.42 Å². The van der Waals surface area contributed by atoms with Crippen LogP contribution in [0.4, 0.5) is 5.69 Å². The van der Waals surface area contributed by atoms with Crippen LogP contribution in [0.15, 0.2) is 34.7 Å². The van der Waals surface area contributed by atoms with Gasteiger partial charge in [0, 0.05) is 38.4 Å². The van der Waals surface area contributed by atoms with E-state index >= 15 is 0 Å². The van der Waals surface area contributed by atoms with Gasteiger partial charge in [-0.3, -0.25) is 9.69 Å². The van der Waals surface area contributed by atoms with E-state index in [1.54, 1.807) is 6.07 Å². The van der Waals surface area contributed by atoms with Crippen LogP contribution in [0.3, 0.4) is 0 Å². The van der Waals surface area contributed by atoms with Crippen LogP contribution in [0.25, 0.3) is 0 Å². The van der Waals surface area contributed by atoms with Gasteiger partial charge in [0.05, 0.1) is 6.54 Å². The molecule has 2 heterocycles. The first kappa shape index (κ1) is 17.5. The maximum atomic E-state index is 11.8. The molecule has 0 spiro atoms. The fourth-order valence-electron chi connectivity index (χ4n) is 3.14. The third-order valence-electron chi connectivity index (χ3n) is 4.83. The molecule has 2 aromatic rings. The molecular formula is C20H27N3O2. The number of furan rings is 1. The molecule has 1 saturated heterocycles. The molecular weight excluding hydrogens is 314 g/mol. The number of amides is 1. The Hall–Kier alpha value is -2.27. The Morgan fingerprint density at radius 1 is 1.08 bits per heavy atom. The highest BCUT2D eigenvalue weighted by Crippen LogP contribution is 2.21. The first-order valence-electron chi connectivity index (χ1n) is 8.98. The van der Waals surface area contributed by atoms with Gasteiger partial charge in [0.15, 0.2) is 5.76 Å². The largest absolute Gasteiger partial charge is 0.455 e. The summed E-state index contributed by atoms with van der Waals surface area (Å²) in [4.78, 5) is 16.6. The van der Waals surface area contributed by atoms with Crippen LogP contribution in [0, 0.1) is 13.8 Å². The van der Waals surface area contributed by atoms with Crippen LogP contribution < -0.4 is 10.2 Å². The third-order valence-corrected chi connectivity index (χ3v) is 4.83. The molecule has 1 N–H and O–H groups in total. The van der Waals surface area contributed by atoms with Crippen LogP contribution >= 0.6 is 0 Å². The molecule has 0 saturated carbocycles. The molecule has 134 valence electrons. The number of hydrogen-bond acceptors (Lipinski definition) is 4. The molecule has 0 unspecified atom stereocenters. The zero-order chi connectivity index (χ0) is 17.8. The summed E-state index contributed by atoms with van der Waals surface area (Å²) in [6.45, 7) is 11.6. The summed E-state index contributed by atoms with van der Waals surface area (Å²) in [5, 5.41) is 2.76. The number of carbonyl (C=O) groups excluding carboxylic acids is 1. The second-order valence-electron chi connectivity index (χ2n) is 6.66. The number of rotatable bonds is 5. The molecule has 0 atom stereocenters. The van der Waals surface area contributed by atoms with E-state index in [9.17, 15) is 4.79 Å². The number of aryl methyl sites for hydroxylation is 2. The Morgan fingerprint density at radius 2 is 1.84 bits per heavy atom. The summed E-state index contributed by atoms with van der Waals surface area (Å²) in [5.41, 5.74) is 3.98. The predicted molar refractivity (Wildman–Crippen MR) is 100 cm³/mol. The molecule has 1 fully saturated rings. The van der Waals surface area contributed by atoms with Crippen molar-refractivity contribution in [3.05, 3.63) is 53.0 Å². The van der Waals surface area contributed by atoms with E-state index in [0.29, 0.717) is 12.3 Å². The van der Waals surface area contributed by atoms with Gasteiger partial charge in [0.2, 0.25) is 0 Å². The molecule has 5 nitrogen and oxygen atoms in total. The number of carbonyl (C=O) groups is 1. The lowest BCUT2D eigenvalue weighted by molar-refractivity contribution is 0.0924. The van der Waals surface area contributed by atoms with Crippen LogP contribution in [0.2, 0.25) is 0 Å². The van der Waals surface area contributed by atoms with Crippen LogP contribution in [-0.4, -0.2) is 43.5 Å². The number of hydrogen-bond donors (Lipinski definition) is 1. The second kappa shape index (κ2) is 7.74. The smallest absolute Gasteiger partial charge is 0.286 e. The average Bonchev–Trinajstić information content (AvgIpc) is 3.07.